The summed E-state index contributed by atoms with van der Waals surface area (Å²) < 4.78 is 5.80. The van der Waals surface area contributed by atoms with Crippen LogP contribution < -0.4 is 0 Å². The molecule has 0 saturated heterocycles. The second kappa shape index (κ2) is 7.61. The highest BCUT2D eigenvalue weighted by Crippen LogP contribution is 2.26. The van der Waals surface area contributed by atoms with Gasteiger partial charge in [0.15, 0.2) is 0 Å². The summed E-state index contributed by atoms with van der Waals surface area (Å²) in [6.07, 6.45) is 10.8. The zero-order chi connectivity index (χ0) is 11.8. The number of allylic oxidation sites excluding steroid dienone is 1. The molecule has 0 aromatic carbocycles. The maximum atomic E-state index is 10.5. The average Bonchev–Trinajstić information content (AvgIpc) is 2.74. The van der Waals surface area contributed by atoms with Crippen LogP contribution in [0.5, 0.6) is 0 Å². The third-order valence-electron chi connectivity index (χ3n) is 3.11. The van der Waals surface area contributed by atoms with E-state index in [0.717, 1.165) is 19.1 Å². The molecule has 2 unspecified atom stereocenters. The van der Waals surface area contributed by atoms with Gasteiger partial charge in [0.25, 0.3) is 0 Å². The van der Waals surface area contributed by atoms with Crippen LogP contribution in [-0.2, 0) is 9.53 Å². The lowest BCUT2D eigenvalue weighted by molar-refractivity contribution is -0.112. The first-order valence-electron chi connectivity index (χ1n) is 6.53. The van der Waals surface area contributed by atoms with Gasteiger partial charge in [-0.2, -0.15) is 0 Å². The predicted molar refractivity (Wildman–Crippen MR) is 66.4 cm³/mol. The van der Waals surface area contributed by atoms with Gasteiger partial charge in [-0.15, -0.1) is 0 Å². The Bertz CT molecular complexity index is 233. The van der Waals surface area contributed by atoms with Gasteiger partial charge in [-0.25, -0.2) is 0 Å². The molecule has 0 aromatic heterocycles. The normalized spacial score (nSPS) is 21.9. The van der Waals surface area contributed by atoms with Crippen LogP contribution in [0.4, 0.5) is 0 Å². The van der Waals surface area contributed by atoms with Crippen LogP contribution in [0.15, 0.2) is 11.6 Å². The maximum Gasteiger partial charge on any atom is 0.125 e. The molecule has 2 heteroatoms. The van der Waals surface area contributed by atoms with Gasteiger partial charge in [0.1, 0.15) is 6.29 Å². The molecule has 0 radical (unpaired) electrons. The Kier molecular flexibility index (Phi) is 6.39. The summed E-state index contributed by atoms with van der Waals surface area (Å²) in [5, 5.41) is 0. The molecule has 16 heavy (non-hydrogen) atoms. The van der Waals surface area contributed by atoms with E-state index in [1.807, 2.05) is 6.92 Å². The molecule has 92 valence electrons. The number of carbonyl (C=O) groups excluding carboxylic acids is 1. The lowest BCUT2D eigenvalue weighted by Crippen LogP contribution is -2.17. The van der Waals surface area contributed by atoms with Gasteiger partial charge in [0, 0.05) is 5.92 Å². The largest absolute Gasteiger partial charge is 0.373 e. The van der Waals surface area contributed by atoms with Crippen LogP contribution in [0.2, 0.25) is 0 Å². The van der Waals surface area contributed by atoms with E-state index in [1.165, 1.54) is 31.3 Å². The fourth-order valence-electron chi connectivity index (χ4n) is 2.08. The Morgan fingerprint density at radius 3 is 3.06 bits per heavy atom. The van der Waals surface area contributed by atoms with Crippen LogP contribution in [0.25, 0.3) is 0 Å². The minimum absolute atomic E-state index is 0.0255. The van der Waals surface area contributed by atoms with Gasteiger partial charge in [-0.3, -0.25) is 0 Å². The average molecular weight is 224 g/mol. The molecule has 0 aliphatic heterocycles. The van der Waals surface area contributed by atoms with Crippen molar-refractivity contribution >= 4 is 6.29 Å². The van der Waals surface area contributed by atoms with Crippen LogP contribution in [0.3, 0.4) is 0 Å². The lowest BCUT2D eigenvalue weighted by Gasteiger charge is -2.17. The second-order valence-corrected chi connectivity index (χ2v) is 4.75. The van der Waals surface area contributed by atoms with Gasteiger partial charge in [0.05, 0.1) is 12.7 Å². The molecule has 1 rings (SSSR count). The molecule has 0 heterocycles. The van der Waals surface area contributed by atoms with Crippen molar-refractivity contribution < 1.29 is 9.53 Å². The Labute approximate surface area is 99.1 Å². The second-order valence-electron chi connectivity index (χ2n) is 4.75. The lowest BCUT2D eigenvalue weighted by atomic mass is 10.1. The highest BCUT2D eigenvalue weighted by atomic mass is 16.5. The van der Waals surface area contributed by atoms with Crippen molar-refractivity contribution in [2.24, 2.45) is 5.92 Å². The predicted octanol–water partition coefficient (Wildman–Crippen LogP) is 3.51. The van der Waals surface area contributed by atoms with Gasteiger partial charge < -0.3 is 9.53 Å². The Balaban J connectivity index is 2.25. The van der Waals surface area contributed by atoms with E-state index in [9.17, 15) is 4.79 Å². The number of rotatable bonds is 8. The SMILES string of the molecule is CCCCCC1=CCCC1OCC(C)C=O. The van der Waals surface area contributed by atoms with E-state index in [4.69, 9.17) is 4.74 Å². The number of carbonyl (C=O) groups is 1. The minimum atomic E-state index is 0.0255. The molecule has 0 spiro atoms. The molecule has 2 nitrogen and oxygen atoms in total. The van der Waals surface area contributed by atoms with E-state index < -0.39 is 0 Å². The highest BCUT2D eigenvalue weighted by molar-refractivity contribution is 5.52. The van der Waals surface area contributed by atoms with Gasteiger partial charge in [-0.1, -0.05) is 32.8 Å². The van der Waals surface area contributed by atoms with Crippen molar-refractivity contribution in [3.63, 3.8) is 0 Å². The topological polar surface area (TPSA) is 26.3 Å². The molecular weight excluding hydrogens is 200 g/mol. The molecule has 0 aromatic rings. The molecule has 0 saturated carbocycles. The number of unbranched alkanes of at least 4 members (excludes halogenated alkanes) is 2. The Morgan fingerprint density at radius 1 is 1.56 bits per heavy atom. The number of hydrogen-bond acceptors (Lipinski definition) is 2. The van der Waals surface area contributed by atoms with Crippen molar-refractivity contribution in [1.29, 1.82) is 0 Å². The summed E-state index contributed by atoms with van der Waals surface area (Å²) in [7, 11) is 0. The van der Waals surface area contributed by atoms with Gasteiger partial charge >= 0.3 is 0 Å². The summed E-state index contributed by atoms with van der Waals surface area (Å²) in [6, 6.07) is 0. The quantitative estimate of drug-likeness (QED) is 0.358. The molecule has 0 amide bonds. The zero-order valence-electron chi connectivity index (χ0n) is 10.6. The Hall–Kier alpha value is -0.630. The smallest absolute Gasteiger partial charge is 0.125 e. The number of hydrogen-bond donors (Lipinski definition) is 0. The van der Waals surface area contributed by atoms with E-state index in [0.29, 0.717) is 12.7 Å². The summed E-state index contributed by atoms with van der Waals surface area (Å²) in [5.41, 5.74) is 1.46. The van der Waals surface area contributed by atoms with E-state index in [2.05, 4.69) is 13.0 Å². The van der Waals surface area contributed by atoms with Crippen LogP contribution in [-0.4, -0.2) is 19.0 Å². The van der Waals surface area contributed by atoms with Crippen molar-refractivity contribution in [3.05, 3.63) is 11.6 Å². The third kappa shape index (κ3) is 4.48. The summed E-state index contributed by atoms with van der Waals surface area (Å²) in [6.45, 7) is 4.70. The van der Waals surface area contributed by atoms with Crippen molar-refractivity contribution in [3.8, 4) is 0 Å². The van der Waals surface area contributed by atoms with E-state index >= 15 is 0 Å². The molecular formula is C14H24O2. The van der Waals surface area contributed by atoms with Crippen molar-refractivity contribution in [2.75, 3.05) is 6.61 Å². The highest BCUT2D eigenvalue weighted by Gasteiger charge is 2.19. The summed E-state index contributed by atoms with van der Waals surface area (Å²) in [5.74, 6) is 0.0255. The van der Waals surface area contributed by atoms with Crippen LogP contribution >= 0.6 is 0 Å². The van der Waals surface area contributed by atoms with Crippen molar-refractivity contribution in [2.45, 2.75) is 58.5 Å². The third-order valence-corrected chi connectivity index (χ3v) is 3.11. The fraction of sp³-hybridized carbons (Fsp3) is 0.786. The molecule has 0 N–H and O–H groups in total. The number of aldehydes is 1. The fourth-order valence-corrected chi connectivity index (χ4v) is 2.08. The van der Waals surface area contributed by atoms with Crippen LogP contribution in [0, 0.1) is 5.92 Å². The first kappa shape index (κ1) is 13.4. The maximum absolute atomic E-state index is 10.5. The summed E-state index contributed by atoms with van der Waals surface area (Å²) >= 11 is 0. The standard InChI is InChI=1S/C14H24O2/c1-3-4-5-7-13-8-6-9-14(13)16-11-12(2)10-15/h8,10,12,14H,3-7,9,11H2,1-2H3. The molecule has 1 aliphatic rings. The first-order valence-corrected chi connectivity index (χ1v) is 6.53. The molecule has 0 bridgehead atoms. The van der Waals surface area contributed by atoms with Gasteiger partial charge in [-0.05, 0) is 31.3 Å². The van der Waals surface area contributed by atoms with E-state index in [1.54, 1.807) is 0 Å². The minimum Gasteiger partial charge on any atom is -0.373 e. The van der Waals surface area contributed by atoms with Crippen molar-refractivity contribution in [1.82, 2.24) is 0 Å². The summed E-state index contributed by atoms with van der Waals surface area (Å²) in [4.78, 5) is 10.5. The molecule has 2 atom stereocenters. The zero-order valence-corrected chi connectivity index (χ0v) is 10.6. The first-order chi connectivity index (χ1) is 7.77. The molecule has 0 fully saturated rings. The van der Waals surface area contributed by atoms with Crippen LogP contribution in [0.1, 0.15) is 52.4 Å². The monoisotopic (exact) mass is 224 g/mol. The Morgan fingerprint density at radius 2 is 2.38 bits per heavy atom. The number of ether oxygens (including phenoxy) is 1. The molecule has 1 aliphatic carbocycles. The van der Waals surface area contributed by atoms with E-state index in [-0.39, 0.29) is 5.92 Å². The van der Waals surface area contributed by atoms with Gasteiger partial charge in [0.2, 0.25) is 0 Å².